The van der Waals surface area contributed by atoms with Gasteiger partial charge in [-0.15, -0.1) is 0 Å². The fraction of sp³-hybridized carbons (Fsp3) is 0.435. The molecule has 5 heteroatoms. The minimum absolute atomic E-state index is 0.0000175. The van der Waals surface area contributed by atoms with Gasteiger partial charge in [0.2, 0.25) is 0 Å². The molecule has 2 aromatic rings. The fourth-order valence-corrected chi connectivity index (χ4v) is 3.68. The maximum atomic E-state index is 12.2. The average Bonchev–Trinajstić information content (AvgIpc) is 2.73. The van der Waals surface area contributed by atoms with Crippen LogP contribution in [0.2, 0.25) is 0 Å². The van der Waals surface area contributed by atoms with Crippen molar-refractivity contribution in [2.24, 2.45) is 5.92 Å². The van der Waals surface area contributed by atoms with Crippen molar-refractivity contribution >= 4 is 5.91 Å². The van der Waals surface area contributed by atoms with Crippen molar-refractivity contribution in [1.82, 2.24) is 10.2 Å². The summed E-state index contributed by atoms with van der Waals surface area (Å²) in [5, 5.41) is 3.02. The summed E-state index contributed by atoms with van der Waals surface area (Å²) in [6.45, 7) is 5.98. The van der Waals surface area contributed by atoms with Crippen LogP contribution in [0.5, 0.6) is 11.5 Å². The van der Waals surface area contributed by atoms with Crippen molar-refractivity contribution in [3.05, 3.63) is 59.7 Å². The summed E-state index contributed by atoms with van der Waals surface area (Å²) in [5.41, 5.74) is 2.73. The first-order valence-corrected chi connectivity index (χ1v) is 9.95. The Labute approximate surface area is 167 Å². The van der Waals surface area contributed by atoms with E-state index in [1.807, 2.05) is 18.2 Å². The third kappa shape index (κ3) is 5.73. The number of hydrogen-bond acceptors (Lipinski definition) is 4. The van der Waals surface area contributed by atoms with E-state index in [0.717, 1.165) is 26.1 Å². The number of likely N-dealkylation sites (tertiary alicyclic amines) is 1. The third-order valence-electron chi connectivity index (χ3n) is 5.27. The second-order valence-corrected chi connectivity index (χ2v) is 7.41. The van der Waals surface area contributed by atoms with Crippen LogP contribution in [-0.4, -0.2) is 44.2 Å². The fourth-order valence-electron chi connectivity index (χ4n) is 3.68. The van der Waals surface area contributed by atoms with Crippen molar-refractivity contribution < 1.29 is 14.3 Å². The van der Waals surface area contributed by atoms with Gasteiger partial charge in [0.1, 0.15) is 0 Å². The topological polar surface area (TPSA) is 50.8 Å². The van der Waals surface area contributed by atoms with Crippen LogP contribution in [0.15, 0.2) is 48.5 Å². The Morgan fingerprint density at radius 3 is 2.68 bits per heavy atom. The molecule has 3 rings (SSSR count). The molecular formula is C23H30N2O3. The Morgan fingerprint density at radius 2 is 1.89 bits per heavy atom. The summed E-state index contributed by atoms with van der Waals surface area (Å²) >= 11 is 0. The SMILES string of the molecule is COc1ccccc1OCC(=O)NC[C@H]1CCCN(Cc2ccccc2C)C1. The number of aryl methyl sites for hydroxylation is 1. The van der Waals surface area contributed by atoms with Crippen LogP contribution in [0.4, 0.5) is 0 Å². The van der Waals surface area contributed by atoms with E-state index < -0.39 is 0 Å². The molecule has 1 aliphatic heterocycles. The molecule has 0 unspecified atom stereocenters. The lowest BCUT2D eigenvalue weighted by molar-refractivity contribution is -0.123. The van der Waals surface area contributed by atoms with E-state index >= 15 is 0 Å². The van der Waals surface area contributed by atoms with Gasteiger partial charge in [-0.2, -0.15) is 0 Å². The number of piperidine rings is 1. The molecule has 0 aromatic heterocycles. The Morgan fingerprint density at radius 1 is 1.14 bits per heavy atom. The van der Waals surface area contributed by atoms with Crippen LogP contribution in [-0.2, 0) is 11.3 Å². The minimum Gasteiger partial charge on any atom is -0.493 e. The van der Waals surface area contributed by atoms with Crippen LogP contribution in [0, 0.1) is 12.8 Å². The molecule has 1 saturated heterocycles. The van der Waals surface area contributed by atoms with Crippen LogP contribution in [0.1, 0.15) is 24.0 Å². The van der Waals surface area contributed by atoms with E-state index in [1.54, 1.807) is 13.2 Å². The molecule has 5 nitrogen and oxygen atoms in total. The summed E-state index contributed by atoms with van der Waals surface area (Å²) in [6, 6.07) is 15.9. The highest BCUT2D eigenvalue weighted by atomic mass is 16.5. The number of amides is 1. The first-order chi connectivity index (χ1) is 13.7. The van der Waals surface area contributed by atoms with E-state index in [9.17, 15) is 4.79 Å². The van der Waals surface area contributed by atoms with E-state index in [1.165, 1.54) is 17.5 Å². The van der Waals surface area contributed by atoms with Gasteiger partial charge in [-0.1, -0.05) is 36.4 Å². The van der Waals surface area contributed by atoms with Crippen LogP contribution < -0.4 is 14.8 Å². The highest BCUT2D eigenvalue weighted by Crippen LogP contribution is 2.25. The number of carbonyl (C=O) groups is 1. The van der Waals surface area contributed by atoms with E-state index in [-0.39, 0.29) is 12.5 Å². The number of rotatable bonds is 8. The number of benzene rings is 2. The summed E-state index contributed by atoms with van der Waals surface area (Å²) in [5.74, 6) is 1.60. The molecule has 1 heterocycles. The summed E-state index contributed by atoms with van der Waals surface area (Å²) in [4.78, 5) is 14.7. The number of nitrogens with zero attached hydrogens (tertiary/aromatic N) is 1. The molecule has 1 amide bonds. The van der Waals surface area contributed by atoms with Gasteiger partial charge in [0.25, 0.3) is 5.91 Å². The Balaban J connectivity index is 1.42. The molecule has 28 heavy (non-hydrogen) atoms. The number of carbonyl (C=O) groups excluding carboxylic acids is 1. The summed E-state index contributed by atoms with van der Waals surface area (Å²) in [6.07, 6.45) is 2.32. The lowest BCUT2D eigenvalue weighted by Crippen LogP contribution is -2.41. The molecule has 0 radical (unpaired) electrons. The molecule has 0 spiro atoms. The first-order valence-electron chi connectivity index (χ1n) is 9.95. The van der Waals surface area contributed by atoms with Gasteiger partial charge in [-0.3, -0.25) is 9.69 Å². The second kappa shape index (κ2) is 10.1. The Hall–Kier alpha value is -2.53. The van der Waals surface area contributed by atoms with E-state index in [4.69, 9.17) is 9.47 Å². The van der Waals surface area contributed by atoms with Crippen molar-refractivity contribution in [2.75, 3.05) is 33.4 Å². The van der Waals surface area contributed by atoms with Crippen molar-refractivity contribution in [2.45, 2.75) is 26.3 Å². The largest absolute Gasteiger partial charge is 0.493 e. The standard InChI is InChI=1S/C23H30N2O3/c1-18-8-3-4-10-20(18)16-25-13-7-9-19(15-25)14-24-23(26)17-28-22-12-6-5-11-21(22)27-2/h3-6,8,10-12,19H,7,9,13-17H2,1-2H3,(H,24,26)/t19-/m1/s1. The van der Waals surface area contributed by atoms with Gasteiger partial charge in [0.05, 0.1) is 7.11 Å². The lowest BCUT2D eigenvalue weighted by Gasteiger charge is -2.33. The van der Waals surface area contributed by atoms with Gasteiger partial charge in [-0.05, 0) is 55.5 Å². The number of para-hydroxylation sites is 2. The summed E-state index contributed by atoms with van der Waals surface area (Å²) in [7, 11) is 1.59. The number of hydrogen-bond donors (Lipinski definition) is 1. The molecule has 0 saturated carbocycles. The second-order valence-electron chi connectivity index (χ2n) is 7.41. The third-order valence-corrected chi connectivity index (χ3v) is 5.27. The predicted molar refractivity (Wildman–Crippen MR) is 111 cm³/mol. The van der Waals surface area contributed by atoms with E-state index in [0.29, 0.717) is 24.0 Å². The van der Waals surface area contributed by atoms with Gasteiger partial charge < -0.3 is 14.8 Å². The van der Waals surface area contributed by atoms with Crippen LogP contribution in [0.3, 0.4) is 0 Å². The molecule has 0 aliphatic carbocycles. The summed E-state index contributed by atoms with van der Waals surface area (Å²) < 4.78 is 10.8. The molecule has 1 aliphatic rings. The monoisotopic (exact) mass is 382 g/mol. The zero-order valence-electron chi connectivity index (χ0n) is 16.8. The highest BCUT2D eigenvalue weighted by Gasteiger charge is 2.21. The molecule has 2 aromatic carbocycles. The van der Waals surface area contributed by atoms with Crippen molar-refractivity contribution in [3.63, 3.8) is 0 Å². The number of methoxy groups -OCH3 is 1. The number of ether oxygens (including phenoxy) is 2. The van der Waals surface area contributed by atoms with Gasteiger partial charge >= 0.3 is 0 Å². The maximum absolute atomic E-state index is 12.2. The average molecular weight is 383 g/mol. The maximum Gasteiger partial charge on any atom is 0.257 e. The highest BCUT2D eigenvalue weighted by molar-refractivity contribution is 5.77. The zero-order chi connectivity index (χ0) is 19.8. The van der Waals surface area contributed by atoms with Gasteiger partial charge in [0, 0.05) is 19.6 Å². The molecular weight excluding hydrogens is 352 g/mol. The Bertz CT molecular complexity index is 778. The van der Waals surface area contributed by atoms with Gasteiger partial charge in [0.15, 0.2) is 18.1 Å². The Kier molecular flexibility index (Phi) is 7.31. The molecule has 0 bridgehead atoms. The van der Waals surface area contributed by atoms with Crippen LogP contribution >= 0.6 is 0 Å². The molecule has 1 fully saturated rings. The first kappa shape index (κ1) is 20.2. The molecule has 1 N–H and O–H groups in total. The van der Waals surface area contributed by atoms with Crippen LogP contribution in [0.25, 0.3) is 0 Å². The van der Waals surface area contributed by atoms with E-state index in [2.05, 4.69) is 41.4 Å². The van der Waals surface area contributed by atoms with Crippen molar-refractivity contribution in [1.29, 1.82) is 0 Å². The number of nitrogens with one attached hydrogen (secondary N) is 1. The molecule has 1 atom stereocenters. The predicted octanol–water partition coefficient (Wildman–Crippen LogP) is 3.41. The zero-order valence-corrected chi connectivity index (χ0v) is 16.8. The minimum atomic E-state index is -0.0954. The van der Waals surface area contributed by atoms with Gasteiger partial charge in [-0.25, -0.2) is 0 Å². The lowest BCUT2D eigenvalue weighted by atomic mass is 9.97. The van der Waals surface area contributed by atoms with Crippen molar-refractivity contribution in [3.8, 4) is 11.5 Å². The quantitative estimate of drug-likeness (QED) is 0.760. The normalized spacial score (nSPS) is 17.1. The molecule has 150 valence electrons. The smallest absolute Gasteiger partial charge is 0.257 e.